The van der Waals surface area contributed by atoms with E-state index in [1.54, 1.807) is 0 Å². The van der Waals surface area contributed by atoms with Crippen molar-refractivity contribution in [3.63, 3.8) is 0 Å². The van der Waals surface area contributed by atoms with Crippen molar-refractivity contribution < 1.29 is 9.47 Å². The average Bonchev–Trinajstić information content (AvgIpc) is 2.14. The van der Waals surface area contributed by atoms with Crippen LogP contribution >= 0.6 is 22.6 Å². The topological polar surface area (TPSA) is 18.5 Å². The molecule has 0 atom stereocenters. The SMILES string of the molecule is CC1(COc2ccc(I)cc2)COC1. The van der Waals surface area contributed by atoms with Crippen LogP contribution in [0.1, 0.15) is 6.92 Å². The number of ether oxygens (including phenoxy) is 2. The number of hydrogen-bond donors (Lipinski definition) is 0. The summed E-state index contributed by atoms with van der Waals surface area (Å²) in [6.07, 6.45) is 0. The van der Waals surface area contributed by atoms with E-state index in [9.17, 15) is 0 Å². The average molecular weight is 304 g/mol. The first-order valence-electron chi connectivity index (χ1n) is 4.64. The van der Waals surface area contributed by atoms with Crippen molar-refractivity contribution >= 4 is 22.6 Å². The molecule has 1 aromatic rings. The van der Waals surface area contributed by atoms with Crippen LogP contribution in [-0.2, 0) is 4.74 Å². The van der Waals surface area contributed by atoms with Gasteiger partial charge in [-0.05, 0) is 46.9 Å². The molecule has 14 heavy (non-hydrogen) atoms. The van der Waals surface area contributed by atoms with E-state index in [0.717, 1.165) is 25.6 Å². The second-order valence-corrected chi connectivity index (χ2v) is 5.29. The number of halogens is 1. The van der Waals surface area contributed by atoms with Crippen LogP contribution in [0.2, 0.25) is 0 Å². The third-order valence-corrected chi connectivity index (χ3v) is 3.02. The Morgan fingerprint density at radius 2 is 2.00 bits per heavy atom. The molecule has 0 unspecified atom stereocenters. The fraction of sp³-hybridized carbons (Fsp3) is 0.455. The molecule has 3 heteroatoms. The molecule has 0 aliphatic carbocycles. The van der Waals surface area contributed by atoms with Crippen molar-refractivity contribution in [2.45, 2.75) is 6.92 Å². The van der Waals surface area contributed by atoms with Gasteiger partial charge in [0.2, 0.25) is 0 Å². The Kier molecular flexibility index (Phi) is 2.97. The first-order chi connectivity index (χ1) is 6.68. The molecule has 2 nitrogen and oxygen atoms in total. The summed E-state index contributed by atoms with van der Waals surface area (Å²) >= 11 is 2.28. The molecular formula is C11H13IO2. The number of benzene rings is 1. The summed E-state index contributed by atoms with van der Waals surface area (Å²) in [6, 6.07) is 8.11. The Hall–Kier alpha value is -0.290. The lowest BCUT2D eigenvalue weighted by molar-refractivity contribution is -0.120. The van der Waals surface area contributed by atoms with Crippen LogP contribution < -0.4 is 4.74 Å². The van der Waals surface area contributed by atoms with Crippen molar-refractivity contribution in [1.29, 1.82) is 0 Å². The predicted octanol–water partition coefficient (Wildman–Crippen LogP) is 2.71. The molecule has 0 amide bonds. The summed E-state index contributed by atoms with van der Waals surface area (Å²) in [5, 5.41) is 0. The molecule has 0 saturated carbocycles. The van der Waals surface area contributed by atoms with Crippen LogP contribution in [0, 0.1) is 8.99 Å². The second kappa shape index (κ2) is 4.06. The predicted molar refractivity (Wildman–Crippen MR) is 63.6 cm³/mol. The van der Waals surface area contributed by atoms with Gasteiger partial charge in [-0.1, -0.05) is 6.92 Å². The first kappa shape index (κ1) is 10.2. The Labute approximate surface area is 97.7 Å². The molecule has 1 aliphatic heterocycles. The minimum atomic E-state index is 0.225. The molecule has 1 aromatic carbocycles. The summed E-state index contributed by atoms with van der Waals surface area (Å²) in [5.74, 6) is 0.943. The highest BCUT2D eigenvalue weighted by molar-refractivity contribution is 14.1. The number of hydrogen-bond acceptors (Lipinski definition) is 2. The Morgan fingerprint density at radius 1 is 1.36 bits per heavy atom. The maximum Gasteiger partial charge on any atom is 0.119 e. The lowest BCUT2D eigenvalue weighted by Crippen LogP contribution is -2.44. The molecule has 2 rings (SSSR count). The monoisotopic (exact) mass is 304 g/mol. The van der Waals surface area contributed by atoms with Gasteiger partial charge in [-0.25, -0.2) is 0 Å². The Morgan fingerprint density at radius 3 is 2.50 bits per heavy atom. The fourth-order valence-electron chi connectivity index (χ4n) is 1.32. The molecule has 0 N–H and O–H groups in total. The lowest BCUT2D eigenvalue weighted by Gasteiger charge is -2.37. The van der Waals surface area contributed by atoms with Crippen molar-refractivity contribution in [2.24, 2.45) is 5.41 Å². The van der Waals surface area contributed by atoms with Crippen molar-refractivity contribution in [3.05, 3.63) is 27.8 Å². The molecule has 0 spiro atoms. The Bertz CT molecular complexity index is 304. The Balaban J connectivity index is 1.88. The molecule has 0 aromatic heterocycles. The second-order valence-electron chi connectivity index (χ2n) is 4.05. The molecular weight excluding hydrogens is 291 g/mol. The van der Waals surface area contributed by atoms with Gasteiger partial charge in [0, 0.05) is 8.99 Å². The zero-order valence-corrected chi connectivity index (χ0v) is 10.3. The van der Waals surface area contributed by atoms with Crippen molar-refractivity contribution in [3.8, 4) is 5.75 Å². The van der Waals surface area contributed by atoms with Crippen LogP contribution in [0.3, 0.4) is 0 Å². The van der Waals surface area contributed by atoms with E-state index in [4.69, 9.17) is 9.47 Å². The minimum Gasteiger partial charge on any atom is -0.493 e. The van der Waals surface area contributed by atoms with E-state index in [0.29, 0.717) is 0 Å². The van der Waals surface area contributed by atoms with Gasteiger partial charge in [-0.15, -0.1) is 0 Å². The summed E-state index contributed by atoms with van der Waals surface area (Å²) in [6.45, 7) is 4.56. The summed E-state index contributed by atoms with van der Waals surface area (Å²) in [4.78, 5) is 0. The first-order valence-corrected chi connectivity index (χ1v) is 5.72. The highest BCUT2D eigenvalue weighted by Gasteiger charge is 2.34. The maximum absolute atomic E-state index is 5.68. The quantitative estimate of drug-likeness (QED) is 0.800. The van der Waals surface area contributed by atoms with Gasteiger partial charge in [-0.2, -0.15) is 0 Å². The molecule has 76 valence electrons. The standard InChI is InChI=1S/C11H13IO2/c1-11(6-13-7-11)8-14-10-4-2-9(12)3-5-10/h2-5H,6-8H2,1H3. The van der Waals surface area contributed by atoms with Gasteiger partial charge >= 0.3 is 0 Å². The molecule has 1 fully saturated rings. The van der Waals surface area contributed by atoms with Crippen LogP contribution in [0.15, 0.2) is 24.3 Å². The van der Waals surface area contributed by atoms with Crippen molar-refractivity contribution in [2.75, 3.05) is 19.8 Å². The highest BCUT2D eigenvalue weighted by Crippen LogP contribution is 2.27. The van der Waals surface area contributed by atoms with Gasteiger partial charge < -0.3 is 9.47 Å². The van der Waals surface area contributed by atoms with Gasteiger partial charge in [0.15, 0.2) is 0 Å². The largest absolute Gasteiger partial charge is 0.493 e. The van der Waals surface area contributed by atoms with Gasteiger partial charge in [0.1, 0.15) is 5.75 Å². The van der Waals surface area contributed by atoms with E-state index >= 15 is 0 Å². The fourth-order valence-corrected chi connectivity index (χ4v) is 1.68. The zero-order chi connectivity index (χ0) is 10.0. The molecule has 0 bridgehead atoms. The molecule has 1 heterocycles. The van der Waals surface area contributed by atoms with E-state index < -0.39 is 0 Å². The van der Waals surface area contributed by atoms with Gasteiger partial charge in [0.25, 0.3) is 0 Å². The van der Waals surface area contributed by atoms with E-state index in [-0.39, 0.29) is 5.41 Å². The summed E-state index contributed by atoms with van der Waals surface area (Å²) < 4.78 is 12.1. The normalized spacial score (nSPS) is 18.7. The summed E-state index contributed by atoms with van der Waals surface area (Å²) in [5.41, 5.74) is 0.225. The molecule has 0 radical (unpaired) electrons. The van der Waals surface area contributed by atoms with E-state index in [1.165, 1.54) is 3.57 Å². The lowest BCUT2D eigenvalue weighted by atomic mass is 9.90. The minimum absolute atomic E-state index is 0.225. The summed E-state index contributed by atoms with van der Waals surface area (Å²) in [7, 11) is 0. The van der Waals surface area contributed by atoms with Crippen molar-refractivity contribution in [1.82, 2.24) is 0 Å². The maximum atomic E-state index is 5.68. The van der Waals surface area contributed by atoms with Crippen LogP contribution in [0.4, 0.5) is 0 Å². The third kappa shape index (κ3) is 2.39. The van der Waals surface area contributed by atoms with Crippen LogP contribution in [-0.4, -0.2) is 19.8 Å². The van der Waals surface area contributed by atoms with Gasteiger partial charge in [0.05, 0.1) is 19.8 Å². The zero-order valence-electron chi connectivity index (χ0n) is 8.13. The molecule has 1 aliphatic rings. The third-order valence-electron chi connectivity index (χ3n) is 2.30. The highest BCUT2D eigenvalue weighted by atomic mass is 127. The van der Waals surface area contributed by atoms with Crippen LogP contribution in [0.5, 0.6) is 5.75 Å². The van der Waals surface area contributed by atoms with E-state index in [1.807, 2.05) is 12.1 Å². The molecule has 1 saturated heterocycles. The van der Waals surface area contributed by atoms with E-state index in [2.05, 4.69) is 41.6 Å². The van der Waals surface area contributed by atoms with Gasteiger partial charge in [-0.3, -0.25) is 0 Å². The smallest absolute Gasteiger partial charge is 0.119 e. The van der Waals surface area contributed by atoms with Crippen LogP contribution in [0.25, 0.3) is 0 Å². The number of rotatable bonds is 3.